The minimum Gasteiger partial charge on any atom is -0.198 e. The molecule has 0 amide bonds. The molecule has 0 aliphatic rings. The van der Waals surface area contributed by atoms with Crippen molar-refractivity contribution in [3.63, 3.8) is 0 Å². The van der Waals surface area contributed by atoms with Crippen molar-refractivity contribution >= 4 is 35.3 Å². The molecule has 0 fully saturated rings. The summed E-state index contributed by atoms with van der Waals surface area (Å²) < 4.78 is 0. The molecule has 0 saturated heterocycles. The molecule has 0 atom stereocenters. The molecule has 0 rings (SSSR count). The van der Waals surface area contributed by atoms with E-state index in [4.69, 9.17) is 10.5 Å². The Morgan fingerprint density at radius 2 is 0.933 bits per heavy atom. The molecule has 0 radical (unpaired) electrons. The molecule has 0 aliphatic carbocycles. The second-order valence-corrected chi connectivity index (χ2v) is 6.33. The van der Waals surface area contributed by atoms with Gasteiger partial charge in [0.1, 0.15) is 0 Å². The van der Waals surface area contributed by atoms with Crippen LogP contribution < -0.4 is 0 Å². The second kappa shape index (κ2) is 14.0. The largest absolute Gasteiger partial charge is 0.198 e. The average Bonchev–Trinajstić information content (AvgIpc) is 2.26. The number of nitriles is 2. The molecule has 5 heteroatoms. The van der Waals surface area contributed by atoms with Crippen molar-refractivity contribution in [2.45, 2.75) is 12.8 Å². The van der Waals surface area contributed by atoms with Gasteiger partial charge in [-0.1, -0.05) is 0 Å². The first kappa shape index (κ1) is 15.0. The molecular weight excluding hydrogens is 244 g/mol. The Kier molecular flexibility index (Phi) is 14.1. The van der Waals surface area contributed by atoms with E-state index in [2.05, 4.69) is 12.1 Å². The SMILES string of the molecule is N#CCCSCCSCCSCCC#N. The van der Waals surface area contributed by atoms with E-state index in [0.717, 1.165) is 23.0 Å². The zero-order valence-corrected chi connectivity index (χ0v) is 11.2. The second-order valence-electron chi connectivity index (χ2n) is 2.65. The highest BCUT2D eigenvalue weighted by Crippen LogP contribution is 2.11. The zero-order chi connectivity index (χ0) is 11.2. The van der Waals surface area contributed by atoms with Gasteiger partial charge in [-0.25, -0.2) is 0 Å². The minimum atomic E-state index is 0.666. The van der Waals surface area contributed by atoms with Crippen molar-refractivity contribution in [2.75, 3.05) is 34.5 Å². The summed E-state index contributed by atoms with van der Waals surface area (Å²) in [7, 11) is 0. The van der Waals surface area contributed by atoms with Crippen molar-refractivity contribution in [3.8, 4) is 12.1 Å². The van der Waals surface area contributed by atoms with Crippen LogP contribution in [0.1, 0.15) is 12.8 Å². The first-order valence-corrected chi connectivity index (χ1v) is 8.35. The highest BCUT2D eigenvalue weighted by Gasteiger charge is 1.92. The van der Waals surface area contributed by atoms with Crippen LogP contribution in [0.15, 0.2) is 0 Å². The predicted molar refractivity (Wildman–Crippen MR) is 72.4 cm³/mol. The highest BCUT2D eigenvalue weighted by molar-refractivity contribution is 8.04. The van der Waals surface area contributed by atoms with Crippen LogP contribution in [0.5, 0.6) is 0 Å². The van der Waals surface area contributed by atoms with Crippen molar-refractivity contribution in [1.82, 2.24) is 0 Å². The summed E-state index contributed by atoms with van der Waals surface area (Å²) in [6, 6.07) is 4.28. The molecule has 0 N–H and O–H groups in total. The molecule has 0 aromatic heterocycles. The lowest BCUT2D eigenvalue weighted by molar-refractivity contribution is 1.24. The van der Waals surface area contributed by atoms with Gasteiger partial charge in [-0.15, -0.1) is 0 Å². The summed E-state index contributed by atoms with van der Waals surface area (Å²) in [6.45, 7) is 0. The van der Waals surface area contributed by atoms with Gasteiger partial charge >= 0.3 is 0 Å². The average molecular weight is 260 g/mol. The molecule has 0 unspecified atom stereocenters. The molecular formula is C10H16N2S3. The highest BCUT2D eigenvalue weighted by atomic mass is 32.2. The first-order chi connectivity index (χ1) is 7.41. The third-order valence-corrected chi connectivity index (χ3v) is 4.93. The normalized spacial score (nSPS) is 9.47. The number of hydrogen-bond donors (Lipinski definition) is 0. The number of nitrogens with zero attached hydrogens (tertiary/aromatic N) is 2. The van der Waals surface area contributed by atoms with Gasteiger partial charge in [-0.3, -0.25) is 0 Å². The Bertz CT molecular complexity index is 186. The van der Waals surface area contributed by atoms with Crippen molar-refractivity contribution in [1.29, 1.82) is 10.5 Å². The van der Waals surface area contributed by atoms with E-state index in [1.54, 1.807) is 0 Å². The number of rotatable bonds is 10. The molecule has 0 aliphatic heterocycles. The first-order valence-electron chi connectivity index (χ1n) is 4.89. The van der Waals surface area contributed by atoms with Crippen LogP contribution in [-0.2, 0) is 0 Å². The standard InChI is InChI=1S/C10H16N2S3/c11-3-1-5-13-7-9-15-10-8-14-6-2-4-12/h1-2,5-10H2. The van der Waals surface area contributed by atoms with Crippen LogP contribution in [-0.4, -0.2) is 34.5 Å². The summed E-state index contributed by atoms with van der Waals surface area (Å²) in [5.41, 5.74) is 0. The fraction of sp³-hybridized carbons (Fsp3) is 0.800. The maximum atomic E-state index is 8.32. The van der Waals surface area contributed by atoms with Crippen LogP contribution in [0.2, 0.25) is 0 Å². The van der Waals surface area contributed by atoms with E-state index in [1.807, 2.05) is 35.3 Å². The Morgan fingerprint density at radius 1 is 0.600 bits per heavy atom. The topological polar surface area (TPSA) is 47.6 Å². The van der Waals surface area contributed by atoms with Crippen LogP contribution in [0.3, 0.4) is 0 Å². The third kappa shape index (κ3) is 14.0. The smallest absolute Gasteiger partial charge is 0.0630 e. The van der Waals surface area contributed by atoms with Gasteiger partial charge in [0.2, 0.25) is 0 Å². The van der Waals surface area contributed by atoms with Crippen LogP contribution >= 0.6 is 35.3 Å². The quantitative estimate of drug-likeness (QED) is 0.565. The number of hydrogen-bond acceptors (Lipinski definition) is 5. The van der Waals surface area contributed by atoms with E-state index in [0.29, 0.717) is 12.8 Å². The summed E-state index contributed by atoms with van der Waals surface area (Å²) in [5, 5.41) is 16.6. The fourth-order valence-electron chi connectivity index (χ4n) is 0.778. The van der Waals surface area contributed by atoms with Gasteiger partial charge in [0.25, 0.3) is 0 Å². The lowest BCUT2D eigenvalue weighted by Crippen LogP contribution is -1.91. The summed E-state index contributed by atoms with van der Waals surface area (Å²) >= 11 is 5.67. The Morgan fingerprint density at radius 3 is 1.27 bits per heavy atom. The number of thioether (sulfide) groups is 3. The minimum absolute atomic E-state index is 0.666. The lowest BCUT2D eigenvalue weighted by atomic mass is 10.6. The van der Waals surface area contributed by atoms with E-state index >= 15 is 0 Å². The fourth-order valence-corrected chi connectivity index (χ4v) is 3.75. The van der Waals surface area contributed by atoms with Gasteiger partial charge in [0, 0.05) is 47.4 Å². The van der Waals surface area contributed by atoms with Gasteiger partial charge < -0.3 is 0 Å². The summed E-state index contributed by atoms with van der Waals surface area (Å²) in [6.07, 6.45) is 1.33. The molecule has 0 saturated carbocycles. The summed E-state index contributed by atoms with van der Waals surface area (Å²) in [5.74, 6) is 6.58. The van der Waals surface area contributed by atoms with Crippen molar-refractivity contribution < 1.29 is 0 Å². The Balaban J connectivity index is 2.88. The van der Waals surface area contributed by atoms with Crippen LogP contribution in [0.25, 0.3) is 0 Å². The third-order valence-electron chi connectivity index (χ3n) is 1.46. The van der Waals surface area contributed by atoms with E-state index in [-0.39, 0.29) is 0 Å². The Labute approximate surface area is 105 Å². The van der Waals surface area contributed by atoms with Crippen molar-refractivity contribution in [3.05, 3.63) is 0 Å². The van der Waals surface area contributed by atoms with Gasteiger partial charge in [-0.2, -0.15) is 45.8 Å². The molecule has 0 bridgehead atoms. The van der Waals surface area contributed by atoms with Gasteiger partial charge in [0.05, 0.1) is 12.1 Å². The summed E-state index contributed by atoms with van der Waals surface area (Å²) in [4.78, 5) is 0. The maximum absolute atomic E-state index is 8.32. The molecule has 0 heterocycles. The zero-order valence-electron chi connectivity index (χ0n) is 8.78. The predicted octanol–water partition coefficient (Wildman–Crippen LogP) is 3.01. The maximum Gasteiger partial charge on any atom is 0.0630 e. The van der Waals surface area contributed by atoms with Gasteiger partial charge in [-0.05, 0) is 0 Å². The lowest BCUT2D eigenvalue weighted by Gasteiger charge is -2.00. The molecule has 0 spiro atoms. The van der Waals surface area contributed by atoms with Crippen molar-refractivity contribution in [2.24, 2.45) is 0 Å². The molecule has 2 nitrogen and oxygen atoms in total. The van der Waals surface area contributed by atoms with Crippen LogP contribution in [0, 0.1) is 22.7 Å². The monoisotopic (exact) mass is 260 g/mol. The van der Waals surface area contributed by atoms with E-state index in [1.165, 1.54) is 11.5 Å². The van der Waals surface area contributed by atoms with E-state index < -0.39 is 0 Å². The molecule has 15 heavy (non-hydrogen) atoms. The van der Waals surface area contributed by atoms with Crippen LogP contribution in [0.4, 0.5) is 0 Å². The van der Waals surface area contributed by atoms with Gasteiger partial charge in [0.15, 0.2) is 0 Å². The molecule has 0 aromatic carbocycles. The molecule has 0 aromatic rings. The van der Waals surface area contributed by atoms with E-state index in [9.17, 15) is 0 Å². The Hall–Kier alpha value is 0.0300. The molecule has 84 valence electrons.